The fraction of sp³-hybridized carbons (Fsp3) is 0.448. The average molecular weight is 415 g/mol. The zero-order chi connectivity index (χ0) is 22.8. The van der Waals surface area contributed by atoms with E-state index in [2.05, 4.69) is 79.2 Å². The van der Waals surface area contributed by atoms with E-state index < -0.39 is 0 Å². The Bertz CT molecular complexity index is 1120. The monoisotopic (exact) mass is 414 g/mol. The van der Waals surface area contributed by atoms with Crippen molar-refractivity contribution in [2.75, 3.05) is 0 Å². The number of aromatic nitrogens is 2. The molecule has 0 aliphatic heterocycles. The summed E-state index contributed by atoms with van der Waals surface area (Å²) in [6.07, 6.45) is 13.0. The van der Waals surface area contributed by atoms with Crippen molar-refractivity contribution in [2.24, 2.45) is 0 Å². The second-order valence-corrected chi connectivity index (χ2v) is 9.99. The highest BCUT2D eigenvalue weighted by atomic mass is 14.7. The maximum absolute atomic E-state index is 4.99. The zero-order valence-corrected chi connectivity index (χ0v) is 20.3. The van der Waals surface area contributed by atoms with Gasteiger partial charge in [-0.1, -0.05) is 53.7 Å². The zero-order valence-electron chi connectivity index (χ0n) is 20.3. The Hall–Kier alpha value is -2.48. The highest BCUT2D eigenvalue weighted by Crippen LogP contribution is 2.37. The summed E-state index contributed by atoms with van der Waals surface area (Å²) in [6.45, 7) is 21.7. The lowest BCUT2D eigenvalue weighted by Gasteiger charge is -2.26. The third-order valence-electron chi connectivity index (χ3n) is 7.29. The maximum atomic E-state index is 4.99. The molecule has 2 heterocycles. The topological polar surface area (TPSA) is 25.8 Å². The predicted molar refractivity (Wildman–Crippen MR) is 136 cm³/mol. The lowest BCUT2D eigenvalue weighted by molar-refractivity contribution is 0.505. The van der Waals surface area contributed by atoms with Crippen molar-refractivity contribution >= 4 is 21.8 Å². The average Bonchev–Trinajstić information content (AvgIpc) is 2.78. The van der Waals surface area contributed by atoms with Crippen LogP contribution in [0.25, 0.3) is 21.8 Å². The van der Waals surface area contributed by atoms with Crippen LogP contribution in [0.2, 0.25) is 0 Å². The predicted octanol–water partition coefficient (Wildman–Crippen LogP) is 8.01. The van der Waals surface area contributed by atoms with E-state index >= 15 is 0 Å². The van der Waals surface area contributed by atoms with Gasteiger partial charge in [0, 0.05) is 23.2 Å². The molecule has 31 heavy (non-hydrogen) atoms. The molecule has 3 aromatic rings. The van der Waals surface area contributed by atoms with E-state index in [0.717, 1.165) is 43.1 Å². The third-order valence-corrected chi connectivity index (χ3v) is 7.29. The summed E-state index contributed by atoms with van der Waals surface area (Å²) >= 11 is 0. The lowest BCUT2D eigenvalue weighted by atomic mass is 9.80. The summed E-state index contributed by atoms with van der Waals surface area (Å²) in [5, 5.41) is 2.46. The molecule has 0 aliphatic rings. The first-order valence-corrected chi connectivity index (χ1v) is 11.7. The summed E-state index contributed by atoms with van der Waals surface area (Å²) in [7, 11) is 0. The molecule has 0 bridgehead atoms. The van der Waals surface area contributed by atoms with Crippen molar-refractivity contribution in [3.05, 3.63) is 72.1 Å². The summed E-state index contributed by atoms with van der Waals surface area (Å²) in [6, 6.07) is 4.72. The van der Waals surface area contributed by atoms with Crippen LogP contribution >= 0.6 is 0 Å². The Morgan fingerprint density at radius 2 is 1.26 bits per heavy atom. The highest BCUT2D eigenvalue weighted by molar-refractivity contribution is 6.07. The van der Waals surface area contributed by atoms with Crippen molar-refractivity contribution < 1.29 is 0 Å². The molecule has 0 aliphatic carbocycles. The van der Waals surface area contributed by atoms with Crippen LogP contribution in [0.1, 0.15) is 83.1 Å². The van der Waals surface area contributed by atoms with Gasteiger partial charge in [0.25, 0.3) is 0 Å². The van der Waals surface area contributed by atoms with Crippen LogP contribution in [0.4, 0.5) is 0 Å². The number of hydrogen-bond acceptors (Lipinski definition) is 2. The van der Waals surface area contributed by atoms with Crippen molar-refractivity contribution in [2.45, 2.75) is 84.5 Å². The molecule has 3 rings (SSSR count). The quantitative estimate of drug-likeness (QED) is 0.262. The minimum atomic E-state index is 0.0886. The molecule has 0 fully saturated rings. The van der Waals surface area contributed by atoms with Gasteiger partial charge in [-0.05, 0) is 77.3 Å². The SMILES string of the molecule is C=CCCc1c(CC=C)c2cc(C(C)(C)CC)cnc2c2ncc(C(C)(C)CC)cc12. The smallest absolute Gasteiger partial charge is 0.0967 e. The minimum absolute atomic E-state index is 0.0886. The van der Waals surface area contributed by atoms with Crippen molar-refractivity contribution in [1.29, 1.82) is 0 Å². The second-order valence-electron chi connectivity index (χ2n) is 9.99. The van der Waals surface area contributed by atoms with Gasteiger partial charge in [-0.3, -0.25) is 9.97 Å². The Morgan fingerprint density at radius 1 is 0.774 bits per heavy atom. The number of pyridine rings is 2. The highest BCUT2D eigenvalue weighted by Gasteiger charge is 2.24. The molecule has 1 aromatic carbocycles. The Labute approximate surface area is 188 Å². The number of benzene rings is 1. The van der Waals surface area contributed by atoms with Gasteiger partial charge in [0.15, 0.2) is 0 Å². The first kappa shape index (κ1) is 23.2. The summed E-state index contributed by atoms with van der Waals surface area (Å²) in [4.78, 5) is 9.97. The summed E-state index contributed by atoms with van der Waals surface area (Å²) in [5.74, 6) is 0. The fourth-order valence-corrected chi connectivity index (χ4v) is 4.15. The van der Waals surface area contributed by atoms with Gasteiger partial charge >= 0.3 is 0 Å². The van der Waals surface area contributed by atoms with Gasteiger partial charge in [0.1, 0.15) is 0 Å². The normalized spacial score (nSPS) is 12.5. The number of allylic oxidation sites excluding steroid dienone is 2. The first-order chi connectivity index (χ1) is 14.7. The van der Waals surface area contributed by atoms with E-state index in [1.165, 1.54) is 33.0 Å². The molecular formula is C29H38N2. The molecule has 0 amide bonds. The van der Waals surface area contributed by atoms with Crippen molar-refractivity contribution in [3.8, 4) is 0 Å². The Morgan fingerprint density at radius 3 is 1.68 bits per heavy atom. The van der Waals surface area contributed by atoms with Gasteiger partial charge in [-0.25, -0.2) is 0 Å². The number of aryl methyl sites for hydroxylation is 1. The van der Waals surface area contributed by atoms with E-state index in [-0.39, 0.29) is 10.8 Å². The summed E-state index contributed by atoms with van der Waals surface area (Å²) < 4.78 is 0. The van der Waals surface area contributed by atoms with Crippen molar-refractivity contribution in [1.82, 2.24) is 9.97 Å². The number of nitrogens with zero attached hydrogens (tertiary/aromatic N) is 2. The van der Waals surface area contributed by atoms with Crippen molar-refractivity contribution in [3.63, 3.8) is 0 Å². The molecule has 0 spiro atoms. The van der Waals surface area contributed by atoms with Gasteiger partial charge in [0.2, 0.25) is 0 Å². The van der Waals surface area contributed by atoms with Crippen LogP contribution in [0.3, 0.4) is 0 Å². The molecule has 2 aromatic heterocycles. The van der Waals surface area contributed by atoms with Gasteiger partial charge in [-0.15, -0.1) is 13.2 Å². The van der Waals surface area contributed by atoms with E-state index in [9.17, 15) is 0 Å². The first-order valence-electron chi connectivity index (χ1n) is 11.7. The molecular weight excluding hydrogens is 376 g/mol. The molecule has 0 unspecified atom stereocenters. The van der Waals surface area contributed by atoms with E-state index in [4.69, 9.17) is 9.97 Å². The van der Waals surface area contributed by atoms with Gasteiger partial charge < -0.3 is 0 Å². The second kappa shape index (κ2) is 8.94. The molecule has 0 saturated heterocycles. The van der Waals surface area contributed by atoms with Crippen LogP contribution in [0.15, 0.2) is 49.8 Å². The van der Waals surface area contributed by atoms with Gasteiger partial charge in [0.05, 0.1) is 11.0 Å². The van der Waals surface area contributed by atoms with Crippen LogP contribution in [0.5, 0.6) is 0 Å². The van der Waals surface area contributed by atoms with Gasteiger partial charge in [-0.2, -0.15) is 0 Å². The molecule has 0 N–H and O–H groups in total. The lowest BCUT2D eigenvalue weighted by Crippen LogP contribution is -2.17. The molecule has 0 radical (unpaired) electrons. The van der Waals surface area contributed by atoms with Crippen LogP contribution in [-0.2, 0) is 23.7 Å². The molecule has 0 saturated carbocycles. The molecule has 0 atom stereocenters. The number of hydrogen-bond donors (Lipinski definition) is 0. The summed E-state index contributed by atoms with van der Waals surface area (Å²) in [5.41, 5.74) is 7.48. The Balaban J connectivity index is 2.45. The number of rotatable bonds is 9. The number of fused-ring (bicyclic) bond motifs is 3. The van der Waals surface area contributed by atoms with Crippen LogP contribution in [-0.4, -0.2) is 9.97 Å². The Kier molecular flexibility index (Phi) is 6.69. The fourth-order valence-electron chi connectivity index (χ4n) is 4.15. The molecule has 2 nitrogen and oxygen atoms in total. The van der Waals surface area contributed by atoms with Crippen LogP contribution < -0.4 is 0 Å². The van der Waals surface area contributed by atoms with E-state index in [1.807, 2.05) is 12.2 Å². The minimum Gasteiger partial charge on any atom is -0.254 e. The third kappa shape index (κ3) is 4.31. The van der Waals surface area contributed by atoms with E-state index in [1.54, 1.807) is 0 Å². The van der Waals surface area contributed by atoms with Crippen LogP contribution in [0, 0.1) is 0 Å². The molecule has 164 valence electrons. The molecule has 2 heteroatoms. The largest absolute Gasteiger partial charge is 0.254 e. The maximum Gasteiger partial charge on any atom is 0.0967 e. The van der Waals surface area contributed by atoms with E-state index in [0.29, 0.717) is 0 Å². The standard InChI is InChI=1S/C29H38N2/c1-9-13-15-23-22(14-10-2)24-16-20(28(5,6)11-3)18-30-26(24)27-25(23)17-21(19-31-27)29(7,8)12-4/h9-10,16-19H,1-2,11-15H2,3-8H3.